The van der Waals surface area contributed by atoms with Gasteiger partial charge in [-0.2, -0.15) is 0 Å². The fourth-order valence-corrected chi connectivity index (χ4v) is 2.45. The lowest BCUT2D eigenvalue weighted by Crippen LogP contribution is -2.44. The molecule has 0 unspecified atom stereocenters. The van der Waals surface area contributed by atoms with Gasteiger partial charge in [0.1, 0.15) is 10.7 Å². The van der Waals surface area contributed by atoms with Gasteiger partial charge >= 0.3 is 0 Å². The standard InChI is InChI=1S/C13H17ClFNO3S/c1-5-13(2,3)16(4)12(17)9-6-7-10(15)11(8-9)20(14,18)19/h6-8H,5H2,1-4H3. The molecule has 112 valence electrons. The largest absolute Gasteiger partial charge is 0.337 e. The van der Waals surface area contributed by atoms with E-state index in [2.05, 4.69) is 0 Å². The van der Waals surface area contributed by atoms with Crippen LogP contribution in [-0.4, -0.2) is 31.8 Å². The molecule has 1 rings (SSSR count). The molecule has 0 aromatic heterocycles. The molecule has 1 aromatic rings. The van der Waals surface area contributed by atoms with Gasteiger partial charge in [0.05, 0.1) is 0 Å². The molecule has 0 aliphatic carbocycles. The quantitative estimate of drug-likeness (QED) is 0.801. The highest BCUT2D eigenvalue weighted by molar-refractivity contribution is 8.13. The molecule has 20 heavy (non-hydrogen) atoms. The van der Waals surface area contributed by atoms with Crippen molar-refractivity contribution >= 4 is 25.6 Å². The van der Waals surface area contributed by atoms with Crippen molar-refractivity contribution in [1.82, 2.24) is 4.90 Å². The van der Waals surface area contributed by atoms with Gasteiger partial charge in [-0.05, 0) is 38.5 Å². The number of halogens is 2. The molecule has 7 heteroatoms. The SMILES string of the molecule is CCC(C)(C)N(C)C(=O)c1ccc(F)c(S(=O)(=O)Cl)c1. The third-order valence-corrected chi connectivity index (χ3v) is 4.86. The van der Waals surface area contributed by atoms with Crippen LogP contribution in [0.15, 0.2) is 23.1 Å². The van der Waals surface area contributed by atoms with E-state index in [9.17, 15) is 17.6 Å². The maximum Gasteiger partial charge on any atom is 0.264 e. The summed E-state index contributed by atoms with van der Waals surface area (Å²) in [5.74, 6) is -1.37. The van der Waals surface area contributed by atoms with Gasteiger partial charge in [-0.25, -0.2) is 12.8 Å². The Labute approximate surface area is 123 Å². The molecule has 4 nitrogen and oxygen atoms in total. The van der Waals surface area contributed by atoms with Crippen molar-refractivity contribution < 1.29 is 17.6 Å². The van der Waals surface area contributed by atoms with Crippen LogP contribution in [0.25, 0.3) is 0 Å². The van der Waals surface area contributed by atoms with Crippen LogP contribution in [0.2, 0.25) is 0 Å². The van der Waals surface area contributed by atoms with Crippen molar-refractivity contribution in [2.24, 2.45) is 0 Å². The number of nitrogens with zero attached hydrogens (tertiary/aromatic N) is 1. The van der Waals surface area contributed by atoms with Crippen LogP contribution in [-0.2, 0) is 9.05 Å². The minimum atomic E-state index is -4.23. The van der Waals surface area contributed by atoms with Gasteiger partial charge in [-0.3, -0.25) is 4.79 Å². The van der Waals surface area contributed by atoms with Gasteiger partial charge < -0.3 is 4.90 Å². The first kappa shape index (κ1) is 16.9. The van der Waals surface area contributed by atoms with E-state index >= 15 is 0 Å². The Morgan fingerprint density at radius 3 is 2.40 bits per heavy atom. The maximum atomic E-state index is 13.4. The average Bonchev–Trinajstić information content (AvgIpc) is 2.36. The van der Waals surface area contributed by atoms with Crippen LogP contribution in [0, 0.1) is 5.82 Å². The van der Waals surface area contributed by atoms with Gasteiger partial charge in [0, 0.05) is 28.8 Å². The van der Waals surface area contributed by atoms with E-state index in [-0.39, 0.29) is 5.56 Å². The number of hydrogen-bond acceptors (Lipinski definition) is 3. The van der Waals surface area contributed by atoms with E-state index in [4.69, 9.17) is 10.7 Å². The summed E-state index contributed by atoms with van der Waals surface area (Å²) in [5.41, 5.74) is -0.319. The third kappa shape index (κ3) is 3.49. The van der Waals surface area contributed by atoms with E-state index in [0.29, 0.717) is 0 Å². The predicted molar refractivity (Wildman–Crippen MR) is 75.9 cm³/mol. The summed E-state index contributed by atoms with van der Waals surface area (Å²) in [6.45, 7) is 5.70. The molecule has 0 saturated heterocycles. The highest BCUT2D eigenvalue weighted by Crippen LogP contribution is 2.23. The monoisotopic (exact) mass is 321 g/mol. The molecule has 0 saturated carbocycles. The van der Waals surface area contributed by atoms with Gasteiger partial charge in [-0.15, -0.1) is 0 Å². The summed E-state index contributed by atoms with van der Waals surface area (Å²) in [6, 6.07) is 3.13. The Morgan fingerprint density at radius 1 is 1.40 bits per heavy atom. The van der Waals surface area contributed by atoms with Crippen molar-refractivity contribution in [2.45, 2.75) is 37.6 Å². The Kier molecular flexibility index (Phi) is 4.82. The Bertz CT molecular complexity index is 629. The van der Waals surface area contributed by atoms with E-state index in [1.807, 2.05) is 20.8 Å². The zero-order chi connectivity index (χ0) is 15.7. The number of carbonyl (C=O) groups is 1. The van der Waals surface area contributed by atoms with Crippen LogP contribution < -0.4 is 0 Å². The predicted octanol–water partition coefficient (Wildman–Crippen LogP) is 3.01. The second-order valence-corrected chi connectivity index (χ2v) is 7.65. The number of amides is 1. The third-order valence-electron chi connectivity index (χ3n) is 3.52. The zero-order valence-electron chi connectivity index (χ0n) is 11.8. The number of rotatable bonds is 4. The number of carbonyl (C=O) groups excluding carboxylic acids is 1. The van der Waals surface area contributed by atoms with E-state index in [0.717, 1.165) is 18.6 Å². The summed E-state index contributed by atoms with van der Waals surface area (Å²) >= 11 is 0. The number of benzene rings is 1. The van der Waals surface area contributed by atoms with Gasteiger partial charge in [0.15, 0.2) is 0 Å². The molecule has 0 radical (unpaired) electrons. The summed E-state index contributed by atoms with van der Waals surface area (Å²) in [6.07, 6.45) is 0.719. The fraction of sp³-hybridized carbons (Fsp3) is 0.462. The van der Waals surface area contributed by atoms with Crippen molar-refractivity contribution in [1.29, 1.82) is 0 Å². The Balaban J connectivity index is 3.26. The van der Waals surface area contributed by atoms with Crippen LogP contribution in [0.4, 0.5) is 4.39 Å². The van der Waals surface area contributed by atoms with Gasteiger partial charge in [-0.1, -0.05) is 6.92 Å². The summed E-state index contributed by atoms with van der Waals surface area (Å²) in [7, 11) is 2.53. The van der Waals surface area contributed by atoms with Crippen LogP contribution in [0.5, 0.6) is 0 Å². The second-order valence-electron chi connectivity index (χ2n) is 5.11. The van der Waals surface area contributed by atoms with E-state index in [1.165, 1.54) is 11.0 Å². The lowest BCUT2D eigenvalue weighted by atomic mass is 9.99. The molecule has 0 aliphatic rings. The zero-order valence-corrected chi connectivity index (χ0v) is 13.3. The molecule has 1 amide bonds. The fourth-order valence-electron chi connectivity index (χ4n) is 1.53. The molecule has 0 fully saturated rings. The molecular formula is C13H17ClFNO3S. The average molecular weight is 322 g/mol. The lowest BCUT2D eigenvalue weighted by molar-refractivity contribution is 0.0620. The minimum absolute atomic E-state index is 0.0784. The second kappa shape index (κ2) is 5.69. The highest BCUT2D eigenvalue weighted by atomic mass is 35.7. The van der Waals surface area contributed by atoms with E-state index in [1.54, 1.807) is 7.05 Å². The van der Waals surface area contributed by atoms with Gasteiger partial charge in [0.25, 0.3) is 15.0 Å². The van der Waals surface area contributed by atoms with Gasteiger partial charge in [0.2, 0.25) is 0 Å². The molecular weight excluding hydrogens is 305 g/mol. The summed E-state index contributed by atoms with van der Waals surface area (Å²) in [4.78, 5) is 13.1. The van der Waals surface area contributed by atoms with Crippen molar-refractivity contribution in [3.05, 3.63) is 29.6 Å². The Morgan fingerprint density at radius 2 is 1.95 bits per heavy atom. The van der Waals surface area contributed by atoms with Crippen molar-refractivity contribution in [3.63, 3.8) is 0 Å². The first-order valence-electron chi connectivity index (χ1n) is 6.03. The first-order chi connectivity index (χ1) is 9.00. The maximum absolute atomic E-state index is 13.4. The van der Waals surface area contributed by atoms with Crippen LogP contribution in [0.1, 0.15) is 37.6 Å². The van der Waals surface area contributed by atoms with Crippen LogP contribution >= 0.6 is 10.7 Å². The molecule has 0 N–H and O–H groups in total. The minimum Gasteiger partial charge on any atom is -0.337 e. The smallest absolute Gasteiger partial charge is 0.264 e. The first-order valence-corrected chi connectivity index (χ1v) is 8.34. The van der Waals surface area contributed by atoms with Crippen LogP contribution in [0.3, 0.4) is 0 Å². The lowest BCUT2D eigenvalue weighted by Gasteiger charge is -2.35. The molecule has 0 bridgehead atoms. The van der Waals surface area contributed by atoms with Crippen molar-refractivity contribution in [2.75, 3.05) is 7.05 Å². The molecule has 0 heterocycles. The van der Waals surface area contributed by atoms with Crippen molar-refractivity contribution in [3.8, 4) is 0 Å². The molecule has 0 aliphatic heterocycles. The molecule has 0 atom stereocenters. The topological polar surface area (TPSA) is 54.5 Å². The highest BCUT2D eigenvalue weighted by Gasteiger charge is 2.27. The number of hydrogen-bond donors (Lipinski definition) is 0. The normalized spacial score (nSPS) is 12.3. The molecule has 1 aromatic carbocycles. The van der Waals surface area contributed by atoms with E-state index < -0.39 is 31.2 Å². The summed E-state index contributed by atoms with van der Waals surface area (Å²) in [5, 5.41) is 0. The molecule has 0 spiro atoms. The Hall–Kier alpha value is -1.14. The summed E-state index contributed by atoms with van der Waals surface area (Å²) < 4.78 is 35.9.